The molecule has 0 unspecified atom stereocenters. The second-order valence-corrected chi connectivity index (χ2v) is 7.19. The number of carbonyl (C=O) groups is 2. The molecule has 144 valence electrons. The van der Waals surface area contributed by atoms with Crippen LogP contribution in [0.25, 0.3) is 0 Å². The highest BCUT2D eigenvalue weighted by atomic mass is 16.7. The molecular formula is C23H19N3O3. The predicted octanol–water partition coefficient (Wildman–Crippen LogP) is 3.13. The van der Waals surface area contributed by atoms with Gasteiger partial charge in [0.25, 0.3) is 5.91 Å². The van der Waals surface area contributed by atoms with Crippen molar-refractivity contribution >= 4 is 17.5 Å². The van der Waals surface area contributed by atoms with E-state index < -0.39 is 18.1 Å². The second kappa shape index (κ2) is 7.14. The van der Waals surface area contributed by atoms with E-state index in [1.54, 1.807) is 17.5 Å². The van der Waals surface area contributed by atoms with Crippen LogP contribution >= 0.6 is 0 Å². The van der Waals surface area contributed by atoms with Gasteiger partial charge in [0.1, 0.15) is 5.92 Å². The number of anilines is 1. The quantitative estimate of drug-likeness (QED) is 0.646. The summed E-state index contributed by atoms with van der Waals surface area (Å²) in [6, 6.07) is 22.4. The maximum atomic E-state index is 13.3. The summed E-state index contributed by atoms with van der Waals surface area (Å²) < 4.78 is 0. The van der Waals surface area contributed by atoms with E-state index in [4.69, 9.17) is 4.84 Å². The number of benzene rings is 2. The van der Waals surface area contributed by atoms with Crippen molar-refractivity contribution in [1.82, 2.24) is 9.88 Å². The molecule has 6 heteroatoms. The van der Waals surface area contributed by atoms with Crippen LogP contribution in [0.15, 0.2) is 85.2 Å². The zero-order valence-electron chi connectivity index (χ0n) is 15.6. The molecule has 2 saturated heterocycles. The number of hydrogen-bond acceptors (Lipinski definition) is 5. The molecule has 0 saturated carbocycles. The van der Waals surface area contributed by atoms with Crippen LogP contribution in [0.3, 0.4) is 0 Å². The van der Waals surface area contributed by atoms with Crippen molar-refractivity contribution < 1.29 is 14.4 Å². The summed E-state index contributed by atoms with van der Waals surface area (Å²) in [5, 5.41) is 1.68. The Balaban J connectivity index is 1.52. The topological polar surface area (TPSA) is 62.7 Å². The molecule has 2 aliphatic rings. The summed E-state index contributed by atoms with van der Waals surface area (Å²) >= 11 is 0. The monoisotopic (exact) mass is 385 g/mol. The first-order chi connectivity index (χ1) is 14.2. The lowest BCUT2D eigenvalue weighted by Gasteiger charge is -2.28. The molecule has 5 rings (SSSR count). The van der Waals surface area contributed by atoms with Gasteiger partial charge >= 0.3 is 0 Å². The van der Waals surface area contributed by atoms with Gasteiger partial charge in [0, 0.05) is 12.4 Å². The molecule has 3 atom stereocenters. The van der Waals surface area contributed by atoms with Crippen LogP contribution < -0.4 is 5.06 Å². The smallest absolute Gasteiger partial charge is 0.262 e. The molecule has 1 aromatic heterocycles. The van der Waals surface area contributed by atoms with Gasteiger partial charge in [0.05, 0.1) is 18.3 Å². The molecule has 2 amide bonds. The fourth-order valence-corrected chi connectivity index (χ4v) is 4.08. The summed E-state index contributed by atoms with van der Waals surface area (Å²) in [5.41, 5.74) is 2.55. The van der Waals surface area contributed by atoms with Crippen molar-refractivity contribution in [2.45, 2.75) is 18.7 Å². The maximum Gasteiger partial charge on any atom is 0.262 e. The molecule has 0 aliphatic carbocycles. The van der Waals surface area contributed by atoms with E-state index >= 15 is 0 Å². The van der Waals surface area contributed by atoms with Gasteiger partial charge in [-0.25, -0.2) is 5.06 Å². The molecule has 3 aromatic rings. The lowest BCUT2D eigenvalue weighted by atomic mass is 9.91. The molecule has 2 aliphatic heterocycles. The third-order valence-electron chi connectivity index (χ3n) is 5.43. The summed E-state index contributed by atoms with van der Waals surface area (Å²) in [7, 11) is 0. The minimum Gasteiger partial charge on any atom is -0.275 e. The van der Waals surface area contributed by atoms with E-state index in [1.165, 1.54) is 4.90 Å². The van der Waals surface area contributed by atoms with Gasteiger partial charge in [-0.15, -0.1) is 0 Å². The Bertz CT molecular complexity index is 1030. The molecule has 0 radical (unpaired) electrons. The van der Waals surface area contributed by atoms with Crippen LogP contribution in [0.5, 0.6) is 0 Å². The Kier molecular flexibility index (Phi) is 4.33. The van der Waals surface area contributed by atoms with Crippen LogP contribution in [-0.2, 0) is 21.0 Å². The number of fused-ring (bicyclic) bond motifs is 1. The molecule has 3 heterocycles. The first-order valence-electron chi connectivity index (χ1n) is 9.54. The molecular weight excluding hydrogens is 366 g/mol. The van der Waals surface area contributed by atoms with Crippen LogP contribution in [-0.4, -0.2) is 27.8 Å². The molecule has 6 nitrogen and oxygen atoms in total. The number of hydroxylamine groups is 1. The Morgan fingerprint density at radius 1 is 0.862 bits per heavy atom. The average molecular weight is 385 g/mol. The third-order valence-corrected chi connectivity index (χ3v) is 5.43. The summed E-state index contributed by atoms with van der Waals surface area (Å²) in [4.78, 5) is 38.0. The van der Waals surface area contributed by atoms with E-state index in [0.717, 1.165) is 16.8 Å². The Labute approximate surface area is 168 Å². The Hall–Kier alpha value is -3.51. The zero-order valence-corrected chi connectivity index (χ0v) is 15.6. The highest BCUT2D eigenvalue weighted by Crippen LogP contribution is 2.46. The van der Waals surface area contributed by atoms with E-state index in [9.17, 15) is 9.59 Å². The Morgan fingerprint density at radius 2 is 1.59 bits per heavy atom. The number of aromatic nitrogens is 1. The van der Waals surface area contributed by atoms with Crippen LogP contribution in [0, 0.1) is 5.92 Å². The van der Waals surface area contributed by atoms with E-state index in [0.29, 0.717) is 0 Å². The number of nitrogens with zero attached hydrogens (tertiary/aromatic N) is 3. The number of carbonyl (C=O) groups excluding carboxylic acids is 2. The Morgan fingerprint density at radius 3 is 2.28 bits per heavy atom. The van der Waals surface area contributed by atoms with E-state index in [-0.39, 0.29) is 18.4 Å². The van der Waals surface area contributed by atoms with Gasteiger partial charge < -0.3 is 0 Å². The standard InChI is InChI=1S/C23H19N3O3/c27-22-19-20(17-10-7-13-24-14-17)26(18-11-5-2-6-12-18)29-21(19)23(28)25(22)15-16-8-3-1-4-9-16/h1-14,19-21H,15H2/t19-,20-,21+/m1/s1. The van der Waals surface area contributed by atoms with Gasteiger partial charge in [0.15, 0.2) is 6.10 Å². The fourth-order valence-electron chi connectivity index (χ4n) is 4.08. The summed E-state index contributed by atoms with van der Waals surface area (Å²) in [5.74, 6) is -1.12. The minimum atomic E-state index is -0.836. The maximum absolute atomic E-state index is 13.3. The van der Waals surface area contributed by atoms with Crippen molar-refractivity contribution in [3.63, 3.8) is 0 Å². The number of amides is 2. The van der Waals surface area contributed by atoms with E-state index in [1.807, 2.05) is 72.8 Å². The molecule has 0 N–H and O–H groups in total. The SMILES string of the molecule is O=C1[C@H]2[C@H](ON(c3ccccc3)[C@@H]2c2cccnc2)C(=O)N1Cc1ccccc1. The fraction of sp³-hybridized carbons (Fsp3) is 0.174. The highest BCUT2D eigenvalue weighted by molar-refractivity contribution is 6.07. The van der Waals surface area contributed by atoms with Crippen LogP contribution in [0.2, 0.25) is 0 Å². The van der Waals surface area contributed by atoms with Crippen LogP contribution in [0.4, 0.5) is 5.69 Å². The van der Waals surface area contributed by atoms with Gasteiger partial charge in [-0.3, -0.25) is 24.3 Å². The third kappa shape index (κ3) is 2.98. The number of imide groups is 1. The first-order valence-corrected chi connectivity index (χ1v) is 9.54. The van der Waals surface area contributed by atoms with E-state index in [2.05, 4.69) is 4.98 Å². The minimum absolute atomic E-state index is 0.212. The average Bonchev–Trinajstić information content (AvgIpc) is 3.28. The number of pyridine rings is 1. The summed E-state index contributed by atoms with van der Waals surface area (Å²) in [6.45, 7) is 0.250. The predicted molar refractivity (Wildman–Crippen MR) is 106 cm³/mol. The molecule has 0 bridgehead atoms. The van der Waals surface area contributed by atoms with Crippen molar-refractivity contribution in [3.8, 4) is 0 Å². The lowest BCUT2D eigenvalue weighted by molar-refractivity contribution is -0.143. The first kappa shape index (κ1) is 17.6. The van der Waals surface area contributed by atoms with Crippen molar-refractivity contribution in [2.75, 3.05) is 5.06 Å². The second-order valence-electron chi connectivity index (χ2n) is 7.19. The molecule has 29 heavy (non-hydrogen) atoms. The van der Waals surface area contributed by atoms with Crippen molar-refractivity contribution in [3.05, 3.63) is 96.3 Å². The molecule has 2 fully saturated rings. The number of likely N-dealkylation sites (tertiary alicyclic amines) is 1. The lowest BCUT2D eigenvalue weighted by Crippen LogP contribution is -2.36. The van der Waals surface area contributed by atoms with Crippen molar-refractivity contribution in [2.24, 2.45) is 5.92 Å². The number of para-hydroxylation sites is 1. The van der Waals surface area contributed by atoms with Gasteiger partial charge in [0.2, 0.25) is 5.91 Å². The normalized spacial score (nSPS) is 23.5. The van der Waals surface area contributed by atoms with Gasteiger partial charge in [-0.1, -0.05) is 54.6 Å². The highest BCUT2D eigenvalue weighted by Gasteiger charge is 2.59. The number of rotatable bonds is 4. The number of hydrogen-bond donors (Lipinski definition) is 0. The largest absolute Gasteiger partial charge is 0.275 e. The molecule has 2 aromatic carbocycles. The summed E-state index contributed by atoms with van der Waals surface area (Å²) in [6.07, 6.45) is 2.58. The van der Waals surface area contributed by atoms with Crippen molar-refractivity contribution in [1.29, 1.82) is 0 Å². The van der Waals surface area contributed by atoms with Gasteiger partial charge in [-0.05, 0) is 29.3 Å². The zero-order chi connectivity index (χ0) is 19.8. The van der Waals surface area contributed by atoms with Crippen LogP contribution in [0.1, 0.15) is 17.2 Å². The van der Waals surface area contributed by atoms with Gasteiger partial charge in [-0.2, -0.15) is 0 Å². The molecule has 0 spiro atoms.